The Kier molecular flexibility index (Phi) is 5.31. The molecule has 1 aromatic carbocycles. The topological polar surface area (TPSA) is 26.8 Å². The van der Waals surface area contributed by atoms with Gasteiger partial charge in [0.05, 0.1) is 5.92 Å². The van der Waals surface area contributed by atoms with Crippen molar-refractivity contribution in [3.8, 4) is 0 Å². The van der Waals surface area contributed by atoms with Gasteiger partial charge in [0.1, 0.15) is 5.82 Å². The van der Waals surface area contributed by atoms with E-state index in [0.717, 1.165) is 19.6 Å². The highest BCUT2D eigenvalue weighted by molar-refractivity contribution is 5.78. The fourth-order valence-electron chi connectivity index (χ4n) is 2.77. The molecule has 1 aliphatic heterocycles. The first-order valence-corrected chi connectivity index (χ1v) is 7.33. The van der Waals surface area contributed by atoms with E-state index in [0.29, 0.717) is 18.7 Å². The second-order valence-corrected chi connectivity index (χ2v) is 6.02. The van der Waals surface area contributed by atoms with Crippen molar-refractivity contribution in [1.82, 2.24) is 14.7 Å². The Hall–Kier alpha value is -1.46. The Balaban J connectivity index is 2.09. The quantitative estimate of drug-likeness (QED) is 0.840. The van der Waals surface area contributed by atoms with E-state index in [-0.39, 0.29) is 17.6 Å². The van der Waals surface area contributed by atoms with E-state index in [9.17, 15) is 9.18 Å². The van der Waals surface area contributed by atoms with Gasteiger partial charge in [-0.05, 0) is 13.1 Å². The number of benzene rings is 1. The molecule has 4 nitrogen and oxygen atoms in total. The largest absolute Gasteiger partial charge is 0.348 e. The first-order chi connectivity index (χ1) is 9.97. The standard InChI is InChI=1S/C16H24FN3O/c1-18(2)16(21)14-10-19(3)8-9-20(12-14)11-13-6-4-5-7-15(13)17/h4-7,14H,8-12H2,1-3H3/t14-/m1/s1. The first-order valence-electron chi connectivity index (χ1n) is 7.33. The van der Waals surface area contributed by atoms with Gasteiger partial charge in [0.15, 0.2) is 0 Å². The van der Waals surface area contributed by atoms with Crippen LogP contribution >= 0.6 is 0 Å². The lowest BCUT2D eigenvalue weighted by Crippen LogP contribution is -2.40. The number of nitrogens with zero attached hydrogens (tertiary/aromatic N) is 3. The van der Waals surface area contributed by atoms with E-state index in [2.05, 4.69) is 9.80 Å². The minimum atomic E-state index is -0.175. The summed E-state index contributed by atoms with van der Waals surface area (Å²) in [4.78, 5) is 18.3. The van der Waals surface area contributed by atoms with Crippen molar-refractivity contribution >= 4 is 5.91 Å². The summed E-state index contributed by atoms with van der Waals surface area (Å²) in [6.45, 7) is 3.73. The number of amides is 1. The molecular weight excluding hydrogens is 269 g/mol. The predicted molar refractivity (Wildman–Crippen MR) is 81.4 cm³/mol. The van der Waals surface area contributed by atoms with Crippen LogP contribution in [0.1, 0.15) is 5.56 Å². The van der Waals surface area contributed by atoms with Gasteiger partial charge in [0, 0.05) is 52.4 Å². The first kappa shape index (κ1) is 15.9. The normalized spacial score (nSPS) is 21.0. The molecule has 1 aliphatic rings. The summed E-state index contributed by atoms with van der Waals surface area (Å²) in [5, 5.41) is 0. The molecule has 0 radical (unpaired) electrons. The summed E-state index contributed by atoms with van der Waals surface area (Å²) in [5.74, 6) is -0.0906. The molecular formula is C16H24FN3O. The predicted octanol–water partition coefficient (Wildman–Crippen LogP) is 1.28. The Morgan fingerprint density at radius 3 is 2.67 bits per heavy atom. The van der Waals surface area contributed by atoms with E-state index >= 15 is 0 Å². The fourth-order valence-corrected chi connectivity index (χ4v) is 2.77. The number of rotatable bonds is 3. The SMILES string of the molecule is CN1CCN(Cc2ccccc2F)C[C@H](C(=O)N(C)C)C1. The molecule has 0 aliphatic carbocycles. The zero-order valence-electron chi connectivity index (χ0n) is 13.1. The van der Waals surface area contributed by atoms with E-state index < -0.39 is 0 Å². The molecule has 0 saturated carbocycles. The lowest BCUT2D eigenvalue weighted by atomic mass is 10.1. The van der Waals surface area contributed by atoms with Crippen LogP contribution in [0.15, 0.2) is 24.3 Å². The number of likely N-dealkylation sites (N-methyl/N-ethyl adjacent to an activating group) is 1. The smallest absolute Gasteiger partial charge is 0.227 e. The van der Waals surface area contributed by atoms with Gasteiger partial charge >= 0.3 is 0 Å². The number of hydrogen-bond donors (Lipinski definition) is 0. The van der Waals surface area contributed by atoms with Crippen molar-refractivity contribution in [2.24, 2.45) is 5.92 Å². The van der Waals surface area contributed by atoms with Gasteiger partial charge in [0.2, 0.25) is 5.91 Å². The van der Waals surface area contributed by atoms with Crippen LogP contribution in [0, 0.1) is 11.7 Å². The molecule has 0 aromatic heterocycles. The molecule has 0 bridgehead atoms. The highest BCUT2D eigenvalue weighted by Gasteiger charge is 2.27. The number of carbonyl (C=O) groups excluding carboxylic acids is 1. The van der Waals surface area contributed by atoms with Gasteiger partial charge in [-0.2, -0.15) is 0 Å². The molecule has 21 heavy (non-hydrogen) atoms. The van der Waals surface area contributed by atoms with Crippen molar-refractivity contribution < 1.29 is 9.18 Å². The summed E-state index contributed by atoms with van der Waals surface area (Å²) >= 11 is 0. The van der Waals surface area contributed by atoms with E-state index in [1.54, 1.807) is 25.1 Å². The molecule has 0 N–H and O–H groups in total. The maximum atomic E-state index is 13.8. The second kappa shape index (κ2) is 7.00. The number of carbonyl (C=O) groups is 1. The summed E-state index contributed by atoms with van der Waals surface area (Å²) in [6.07, 6.45) is 0. The fraction of sp³-hybridized carbons (Fsp3) is 0.562. The van der Waals surface area contributed by atoms with Gasteiger partial charge < -0.3 is 9.80 Å². The van der Waals surface area contributed by atoms with Gasteiger partial charge in [-0.15, -0.1) is 0 Å². The Labute approximate surface area is 126 Å². The van der Waals surface area contributed by atoms with E-state index in [1.165, 1.54) is 6.07 Å². The van der Waals surface area contributed by atoms with Gasteiger partial charge in [-0.25, -0.2) is 4.39 Å². The van der Waals surface area contributed by atoms with Crippen LogP contribution in [0.5, 0.6) is 0 Å². The zero-order chi connectivity index (χ0) is 15.4. The minimum Gasteiger partial charge on any atom is -0.348 e. The lowest BCUT2D eigenvalue weighted by molar-refractivity contribution is -0.133. The van der Waals surface area contributed by atoms with Crippen LogP contribution in [0.2, 0.25) is 0 Å². The van der Waals surface area contributed by atoms with Crippen LogP contribution in [0.25, 0.3) is 0 Å². The molecule has 1 heterocycles. The van der Waals surface area contributed by atoms with Crippen molar-refractivity contribution in [2.45, 2.75) is 6.54 Å². The summed E-state index contributed by atoms with van der Waals surface area (Å²) in [5.41, 5.74) is 0.693. The second-order valence-electron chi connectivity index (χ2n) is 6.02. The molecule has 1 amide bonds. The molecule has 1 fully saturated rings. The van der Waals surface area contributed by atoms with Crippen LogP contribution in [-0.2, 0) is 11.3 Å². The van der Waals surface area contributed by atoms with Crippen molar-refractivity contribution in [1.29, 1.82) is 0 Å². The molecule has 0 spiro atoms. The summed E-state index contributed by atoms with van der Waals surface area (Å²) in [7, 11) is 5.60. The Bertz CT molecular complexity index is 492. The molecule has 116 valence electrons. The van der Waals surface area contributed by atoms with Gasteiger partial charge in [0.25, 0.3) is 0 Å². The average molecular weight is 293 g/mol. The summed E-state index contributed by atoms with van der Waals surface area (Å²) in [6, 6.07) is 6.85. The highest BCUT2D eigenvalue weighted by atomic mass is 19.1. The van der Waals surface area contributed by atoms with Crippen LogP contribution in [-0.4, -0.2) is 67.9 Å². The third kappa shape index (κ3) is 4.25. The molecule has 0 unspecified atom stereocenters. The zero-order valence-corrected chi connectivity index (χ0v) is 13.1. The minimum absolute atomic E-state index is 0.0562. The van der Waals surface area contributed by atoms with Crippen molar-refractivity contribution in [3.63, 3.8) is 0 Å². The lowest BCUT2D eigenvalue weighted by Gasteiger charge is -2.25. The van der Waals surface area contributed by atoms with Crippen molar-refractivity contribution in [2.75, 3.05) is 47.3 Å². The Morgan fingerprint density at radius 2 is 2.00 bits per heavy atom. The third-order valence-corrected chi connectivity index (χ3v) is 3.95. The maximum absolute atomic E-state index is 13.8. The van der Waals surface area contributed by atoms with Gasteiger partial charge in [-0.3, -0.25) is 9.69 Å². The summed E-state index contributed by atoms with van der Waals surface area (Å²) < 4.78 is 13.8. The molecule has 1 atom stereocenters. The average Bonchev–Trinajstić information content (AvgIpc) is 2.62. The van der Waals surface area contributed by atoms with Crippen LogP contribution < -0.4 is 0 Å². The number of halogens is 1. The third-order valence-electron chi connectivity index (χ3n) is 3.95. The molecule has 5 heteroatoms. The van der Waals surface area contributed by atoms with E-state index in [1.807, 2.05) is 19.2 Å². The molecule has 1 aromatic rings. The molecule has 1 saturated heterocycles. The number of hydrogen-bond acceptors (Lipinski definition) is 3. The van der Waals surface area contributed by atoms with Crippen molar-refractivity contribution in [3.05, 3.63) is 35.6 Å². The van der Waals surface area contributed by atoms with Gasteiger partial charge in [-0.1, -0.05) is 18.2 Å². The monoisotopic (exact) mass is 293 g/mol. The van der Waals surface area contributed by atoms with E-state index in [4.69, 9.17) is 0 Å². The highest BCUT2D eigenvalue weighted by Crippen LogP contribution is 2.15. The van der Waals surface area contributed by atoms with Crippen LogP contribution in [0.4, 0.5) is 4.39 Å². The maximum Gasteiger partial charge on any atom is 0.227 e. The Morgan fingerprint density at radius 1 is 1.29 bits per heavy atom. The van der Waals surface area contributed by atoms with Crippen LogP contribution in [0.3, 0.4) is 0 Å². The molecule has 2 rings (SSSR count).